The number of anilines is 2. The van der Waals surface area contributed by atoms with Crippen molar-refractivity contribution in [3.8, 4) is 0 Å². The van der Waals surface area contributed by atoms with Gasteiger partial charge in [0.25, 0.3) is 0 Å². The number of halogens is 1. The van der Waals surface area contributed by atoms with Crippen LogP contribution >= 0.6 is 0 Å². The maximum atomic E-state index is 13.6. The van der Waals surface area contributed by atoms with Crippen molar-refractivity contribution < 1.29 is 14.0 Å². The molecule has 0 aliphatic heterocycles. The van der Waals surface area contributed by atoms with E-state index in [-0.39, 0.29) is 29.3 Å². The van der Waals surface area contributed by atoms with Gasteiger partial charge in [-0.2, -0.15) is 0 Å². The minimum Gasteiger partial charge on any atom is -0.326 e. The highest BCUT2D eigenvalue weighted by Crippen LogP contribution is 2.30. The van der Waals surface area contributed by atoms with Gasteiger partial charge in [0.2, 0.25) is 11.8 Å². The van der Waals surface area contributed by atoms with Crippen LogP contribution in [0.2, 0.25) is 0 Å². The Balaban J connectivity index is 1.50. The van der Waals surface area contributed by atoms with Gasteiger partial charge in [-0.15, -0.1) is 0 Å². The van der Waals surface area contributed by atoms with Crippen LogP contribution in [0.15, 0.2) is 54.6 Å². The fourth-order valence-corrected chi connectivity index (χ4v) is 3.18. The molecule has 2 aromatic carbocycles. The summed E-state index contributed by atoms with van der Waals surface area (Å²) in [5.41, 5.74) is 0.989. The summed E-state index contributed by atoms with van der Waals surface area (Å²) in [5.74, 6) is -0.879. The second-order valence-corrected chi connectivity index (χ2v) is 6.37. The highest BCUT2D eigenvalue weighted by atomic mass is 19.1. The first-order valence-electron chi connectivity index (χ1n) is 8.55. The molecule has 4 nitrogen and oxygen atoms in total. The topological polar surface area (TPSA) is 58.2 Å². The van der Waals surface area contributed by atoms with E-state index in [4.69, 9.17) is 0 Å². The van der Waals surface area contributed by atoms with Gasteiger partial charge in [0.05, 0.1) is 5.69 Å². The van der Waals surface area contributed by atoms with E-state index in [0.29, 0.717) is 25.7 Å². The Morgan fingerprint density at radius 3 is 1.88 bits per heavy atom. The van der Waals surface area contributed by atoms with Crippen molar-refractivity contribution in [3.05, 3.63) is 60.4 Å². The average Bonchev–Trinajstić information content (AvgIpc) is 2.64. The van der Waals surface area contributed by atoms with E-state index in [0.717, 1.165) is 5.69 Å². The van der Waals surface area contributed by atoms with E-state index in [1.807, 2.05) is 30.3 Å². The molecule has 2 aromatic rings. The molecule has 130 valence electrons. The molecule has 0 spiro atoms. The quantitative estimate of drug-likeness (QED) is 0.876. The van der Waals surface area contributed by atoms with Gasteiger partial charge in [-0.1, -0.05) is 30.3 Å². The van der Waals surface area contributed by atoms with Crippen LogP contribution < -0.4 is 10.6 Å². The lowest BCUT2D eigenvalue weighted by atomic mass is 9.81. The molecule has 1 fully saturated rings. The molecular weight excluding hydrogens is 319 g/mol. The van der Waals surface area contributed by atoms with Gasteiger partial charge < -0.3 is 10.6 Å². The van der Waals surface area contributed by atoms with E-state index in [9.17, 15) is 14.0 Å². The normalized spacial score (nSPS) is 19.9. The Hall–Kier alpha value is -2.69. The number of hydrogen-bond acceptors (Lipinski definition) is 2. The fourth-order valence-electron chi connectivity index (χ4n) is 3.18. The molecule has 3 rings (SSSR count). The van der Waals surface area contributed by atoms with Crippen molar-refractivity contribution in [3.63, 3.8) is 0 Å². The lowest BCUT2D eigenvalue weighted by Gasteiger charge is -2.27. The lowest BCUT2D eigenvalue weighted by Crippen LogP contribution is -2.32. The number of amides is 2. The summed E-state index contributed by atoms with van der Waals surface area (Å²) in [6.45, 7) is 0. The zero-order valence-electron chi connectivity index (χ0n) is 13.9. The molecule has 0 unspecified atom stereocenters. The van der Waals surface area contributed by atoms with Gasteiger partial charge in [-0.3, -0.25) is 9.59 Å². The Kier molecular flexibility index (Phi) is 5.43. The van der Waals surface area contributed by atoms with Crippen LogP contribution in [0.5, 0.6) is 0 Å². The first-order valence-corrected chi connectivity index (χ1v) is 8.55. The predicted octanol–water partition coefficient (Wildman–Crippen LogP) is 4.21. The van der Waals surface area contributed by atoms with Crippen LogP contribution in [0, 0.1) is 17.7 Å². The molecule has 2 N–H and O–H groups in total. The molecule has 0 heterocycles. The summed E-state index contributed by atoms with van der Waals surface area (Å²) in [5, 5.41) is 5.56. The number of rotatable bonds is 4. The smallest absolute Gasteiger partial charge is 0.227 e. The molecule has 0 aromatic heterocycles. The molecule has 0 radical (unpaired) electrons. The van der Waals surface area contributed by atoms with Gasteiger partial charge in [-0.25, -0.2) is 4.39 Å². The van der Waals surface area contributed by atoms with Gasteiger partial charge >= 0.3 is 0 Å². The first-order chi connectivity index (χ1) is 12.1. The van der Waals surface area contributed by atoms with Crippen LogP contribution in [-0.4, -0.2) is 11.8 Å². The van der Waals surface area contributed by atoms with Gasteiger partial charge in [0, 0.05) is 17.5 Å². The van der Waals surface area contributed by atoms with Crippen molar-refractivity contribution in [2.75, 3.05) is 10.6 Å². The molecule has 0 saturated heterocycles. The van der Waals surface area contributed by atoms with Crippen LogP contribution in [-0.2, 0) is 9.59 Å². The summed E-state index contributed by atoms with van der Waals surface area (Å²) in [6.07, 6.45) is 2.59. The zero-order valence-corrected chi connectivity index (χ0v) is 13.9. The van der Waals surface area contributed by atoms with E-state index >= 15 is 0 Å². The minimum atomic E-state index is -0.438. The minimum absolute atomic E-state index is 0.000776. The summed E-state index contributed by atoms with van der Waals surface area (Å²) < 4.78 is 13.6. The monoisotopic (exact) mass is 340 g/mol. The second kappa shape index (κ2) is 7.92. The average molecular weight is 340 g/mol. The summed E-state index contributed by atoms with van der Waals surface area (Å²) in [4.78, 5) is 24.6. The zero-order chi connectivity index (χ0) is 17.6. The largest absolute Gasteiger partial charge is 0.326 e. The molecule has 5 heteroatoms. The molecule has 1 saturated carbocycles. The highest BCUT2D eigenvalue weighted by Gasteiger charge is 2.30. The Morgan fingerprint density at radius 1 is 0.760 bits per heavy atom. The second-order valence-electron chi connectivity index (χ2n) is 6.37. The molecule has 0 atom stereocenters. The van der Waals surface area contributed by atoms with Gasteiger partial charge in [0.15, 0.2) is 0 Å². The molecule has 1 aliphatic carbocycles. The van der Waals surface area contributed by atoms with Crippen LogP contribution in [0.1, 0.15) is 25.7 Å². The SMILES string of the molecule is O=C(Nc1ccccc1)C1CCC(C(=O)Nc2ccccc2F)CC1. The maximum absolute atomic E-state index is 13.6. The molecule has 1 aliphatic rings. The van der Waals surface area contributed by atoms with Gasteiger partial charge in [-0.05, 0) is 49.9 Å². The number of hydrogen-bond donors (Lipinski definition) is 2. The molecular formula is C20H21FN2O2. The van der Waals surface area contributed by atoms with E-state index in [2.05, 4.69) is 10.6 Å². The first kappa shape index (κ1) is 17.1. The number of nitrogens with one attached hydrogen (secondary N) is 2. The molecule has 0 bridgehead atoms. The summed E-state index contributed by atoms with van der Waals surface area (Å²) in [6, 6.07) is 15.5. The third kappa shape index (κ3) is 4.44. The van der Waals surface area contributed by atoms with E-state index in [1.54, 1.807) is 18.2 Å². The van der Waals surface area contributed by atoms with Crippen molar-refractivity contribution >= 4 is 23.2 Å². The number of carbonyl (C=O) groups excluding carboxylic acids is 2. The number of para-hydroxylation sites is 2. The maximum Gasteiger partial charge on any atom is 0.227 e. The van der Waals surface area contributed by atoms with E-state index in [1.165, 1.54) is 6.07 Å². The summed E-state index contributed by atoms with van der Waals surface area (Å²) in [7, 11) is 0. The Bertz CT molecular complexity index is 740. The molecule has 2 amide bonds. The van der Waals surface area contributed by atoms with Crippen molar-refractivity contribution in [1.29, 1.82) is 0 Å². The molecule has 25 heavy (non-hydrogen) atoms. The fraction of sp³-hybridized carbons (Fsp3) is 0.300. The number of benzene rings is 2. The standard InChI is InChI=1S/C20H21FN2O2/c21-17-8-4-5-9-18(17)23-20(25)15-12-10-14(11-13-15)19(24)22-16-6-2-1-3-7-16/h1-9,14-15H,10-13H2,(H,22,24)(H,23,25). The third-order valence-corrected chi connectivity index (χ3v) is 4.64. The van der Waals surface area contributed by atoms with Crippen molar-refractivity contribution in [2.45, 2.75) is 25.7 Å². The van der Waals surface area contributed by atoms with E-state index < -0.39 is 5.82 Å². The van der Waals surface area contributed by atoms with Crippen molar-refractivity contribution in [1.82, 2.24) is 0 Å². The third-order valence-electron chi connectivity index (χ3n) is 4.64. The van der Waals surface area contributed by atoms with Crippen molar-refractivity contribution in [2.24, 2.45) is 11.8 Å². The van der Waals surface area contributed by atoms with Crippen LogP contribution in [0.3, 0.4) is 0 Å². The number of carbonyl (C=O) groups is 2. The Morgan fingerprint density at radius 2 is 1.28 bits per heavy atom. The van der Waals surface area contributed by atoms with Crippen LogP contribution in [0.25, 0.3) is 0 Å². The van der Waals surface area contributed by atoms with Gasteiger partial charge in [0.1, 0.15) is 5.82 Å². The Labute approximate surface area is 146 Å². The van der Waals surface area contributed by atoms with Crippen LogP contribution in [0.4, 0.5) is 15.8 Å². The predicted molar refractivity (Wildman–Crippen MR) is 95.5 cm³/mol. The lowest BCUT2D eigenvalue weighted by molar-refractivity contribution is -0.125. The summed E-state index contributed by atoms with van der Waals surface area (Å²) >= 11 is 0. The highest BCUT2D eigenvalue weighted by molar-refractivity contribution is 5.94.